The van der Waals surface area contributed by atoms with Crippen LogP contribution in [0.15, 0.2) is 0 Å². The zero-order valence-electron chi connectivity index (χ0n) is 10.8. The molecular formula is C12H16N2O6. The number of carbonyl (C=O) groups is 3. The van der Waals surface area contributed by atoms with Crippen molar-refractivity contribution in [1.82, 2.24) is 10.2 Å². The Labute approximate surface area is 115 Å². The second kappa shape index (κ2) is 5.02. The van der Waals surface area contributed by atoms with Crippen LogP contribution in [-0.4, -0.2) is 59.5 Å². The molecule has 110 valence electrons. The van der Waals surface area contributed by atoms with E-state index < -0.39 is 12.0 Å². The average molecular weight is 284 g/mol. The third-order valence-electron chi connectivity index (χ3n) is 4.12. The molecule has 0 aromatic carbocycles. The van der Waals surface area contributed by atoms with Gasteiger partial charge in [0.05, 0.1) is 24.5 Å². The lowest BCUT2D eigenvalue weighted by Gasteiger charge is -2.42. The minimum absolute atomic E-state index is 0.0741. The van der Waals surface area contributed by atoms with Crippen LogP contribution in [0.2, 0.25) is 0 Å². The molecule has 1 saturated carbocycles. The molecule has 8 nitrogen and oxygen atoms in total. The first kappa shape index (κ1) is 13.3. The molecule has 3 aliphatic rings. The highest BCUT2D eigenvalue weighted by molar-refractivity contribution is 5.99. The maximum atomic E-state index is 12.3. The van der Waals surface area contributed by atoms with Gasteiger partial charge >= 0.3 is 12.0 Å². The Morgan fingerprint density at radius 2 is 2.00 bits per heavy atom. The lowest BCUT2D eigenvalue weighted by atomic mass is 9.79. The molecule has 3 rings (SSSR count). The van der Waals surface area contributed by atoms with Gasteiger partial charge in [-0.15, -0.1) is 0 Å². The molecule has 4 unspecified atom stereocenters. The molecule has 1 aliphatic carbocycles. The topological polar surface area (TPSA) is 105 Å². The Kier molecular flexibility index (Phi) is 3.35. The molecule has 8 heteroatoms. The first-order valence-corrected chi connectivity index (χ1v) is 6.63. The number of carboxylic acids is 1. The van der Waals surface area contributed by atoms with Crippen LogP contribution in [0.5, 0.6) is 0 Å². The van der Waals surface area contributed by atoms with Gasteiger partial charge in [0.15, 0.2) is 0 Å². The van der Waals surface area contributed by atoms with Gasteiger partial charge in [0.2, 0.25) is 5.91 Å². The van der Waals surface area contributed by atoms with Gasteiger partial charge in [-0.3, -0.25) is 14.5 Å². The van der Waals surface area contributed by atoms with Crippen LogP contribution in [-0.2, 0) is 19.1 Å². The number of amides is 3. The minimum Gasteiger partial charge on any atom is -0.481 e. The zero-order chi connectivity index (χ0) is 14.3. The van der Waals surface area contributed by atoms with E-state index in [9.17, 15) is 14.4 Å². The number of hydrogen-bond acceptors (Lipinski definition) is 5. The van der Waals surface area contributed by atoms with Crippen molar-refractivity contribution in [2.75, 3.05) is 13.3 Å². The van der Waals surface area contributed by atoms with Crippen molar-refractivity contribution in [3.8, 4) is 0 Å². The van der Waals surface area contributed by atoms with Gasteiger partial charge in [0, 0.05) is 12.6 Å². The number of aliphatic carboxylic acids is 1. The van der Waals surface area contributed by atoms with E-state index in [4.69, 9.17) is 14.6 Å². The molecule has 3 amide bonds. The summed E-state index contributed by atoms with van der Waals surface area (Å²) in [6, 6.07) is -0.770. The van der Waals surface area contributed by atoms with Crippen LogP contribution < -0.4 is 5.32 Å². The number of carboxylic acid groups (broad SMARTS) is 1. The first-order chi connectivity index (χ1) is 9.56. The number of hydrogen-bond donors (Lipinski definition) is 2. The van der Waals surface area contributed by atoms with E-state index in [0.29, 0.717) is 12.8 Å². The normalized spacial score (nSPS) is 36.3. The fourth-order valence-corrected chi connectivity index (χ4v) is 3.09. The van der Waals surface area contributed by atoms with Crippen LogP contribution in [0.3, 0.4) is 0 Å². The van der Waals surface area contributed by atoms with Crippen molar-refractivity contribution in [1.29, 1.82) is 0 Å². The summed E-state index contributed by atoms with van der Waals surface area (Å²) in [5, 5.41) is 11.4. The molecule has 2 N–H and O–H groups in total. The lowest BCUT2D eigenvalue weighted by Crippen LogP contribution is -2.63. The van der Waals surface area contributed by atoms with Crippen LogP contribution in [0.1, 0.15) is 19.3 Å². The number of imide groups is 1. The van der Waals surface area contributed by atoms with Gasteiger partial charge in [0.25, 0.3) is 0 Å². The van der Waals surface area contributed by atoms with E-state index >= 15 is 0 Å². The molecule has 0 radical (unpaired) electrons. The summed E-state index contributed by atoms with van der Waals surface area (Å²) < 4.78 is 10.8. The number of carbonyl (C=O) groups excluding carboxylic acids is 2. The van der Waals surface area contributed by atoms with E-state index in [2.05, 4.69) is 5.32 Å². The Bertz CT molecular complexity index is 453. The van der Waals surface area contributed by atoms with E-state index in [1.54, 1.807) is 0 Å². The standard InChI is InChI=1S/C12H16N2O6/c15-10(16)1-2-14-11(17)6-3-8-9(20-5-19-8)4-7(6)13-12(14)18/h6-9H,1-5H2,(H,13,18)(H,15,16). The first-order valence-electron chi connectivity index (χ1n) is 6.63. The molecule has 0 bridgehead atoms. The summed E-state index contributed by atoms with van der Waals surface area (Å²) in [6.07, 6.45) is 0.617. The van der Waals surface area contributed by atoms with Gasteiger partial charge in [-0.05, 0) is 12.8 Å². The maximum Gasteiger partial charge on any atom is 0.324 e. The van der Waals surface area contributed by atoms with Gasteiger partial charge in [-0.2, -0.15) is 0 Å². The third kappa shape index (κ3) is 2.25. The number of rotatable bonds is 3. The Balaban J connectivity index is 1.71. The lowest BCUT2D eigenvalue weighted by molar-refractivity contribution is -0.141. The average Bonchev–Trinajstić information content (AvgIpc) is 2.83. The molecule has 2 heterocycles. The summed E-state index contributed by atoms with van der Waals surface area (Å²) in [7, 11) is 0. The predicted molar refractivity (Wildman–Crippen MR) is 63.6 cm³/mol. The smallest absolute Gasteiger partial charge is 0.324 e. The van der Waals surface area contributed by atoms with Crippen molar-refractivity contribution in [2.45, 2.75) is 37.5 Å². The van der Waals surface area contributed by atoms with E-state index in [0.717, 1.165) is 4.90 Å². The van der Waals surface area contributed by atoms with E-state index in [-0.39, 0.29) is 49.8 Å². The van der Waals surface area contributed by atoms with Crippen molar-refractivity contribution in [3.05, 3.63) is 0 Å². The van der Waals surface area contributed by atoms with Crippen molar-refractivity contribution in [3.63, 3.8) is 0 Å². The largest absolute Gasteiger partial charge is 0.481 e. The van der Waals surface area contributed by atoms with Gasteiger partial charge in [-0.1, -0.05) is 0 Å². The quantitative estimate of drug-likeness (QED) is 0.726. The Hall–Kier alpha value is -1.67. The molecule has 4 atom stereocenters. The number of nitrogens with zero attached hydrogens (tertiary/aromatic N) is 1. The van der Waals surface area contributed by atoms with E-state index in [1.807, 2.05) is 0 Å². The molecule has 0 spiro atoms. The summed E-state index contributed by atoms with van der Waals surface area (Å²) in [5.74, 6) is -1.71. The molecular weight excluding hydrogens is 268 g/mol. The SMILES string of the molecule is O=C(O)CCN1C(=O)NC2CC3OCOC3CC2C1=O. The summed E-state index contributed by atoms with van der Waals surface area (Å²) in [5.41, 5.74) is 0. The molecule has 2 saturated heterocycles. The Morgan fingerprint density at radius 1 is 1.30 bits per heavy atom. The van der Waals surface area contributed by atoms with Crippen LogP contribution >= 0.6 is 0 Å². The van der Waals surface area contributed by atoms with E-state index in [1.165, 1.54) is 0 Å². The fraction of sp³-hybridized carbons (Fsp3) is 0.750. The van der Waals surface area contributed by atoms with Gasteiger partial charge in [-0.25, -0.2) is 4.79 Å². The summed E-state index contributed by atoms with van der Waals surface area (Å²) in [6.45, 7) is 0.119. The van der Waals surface area contributed by atoms with Crippen LogP contribution in [0.4, 0.5) is 4.79 Å². The Morgan fingerprint density at radius 3 is 2.70 bits per heavy atom. The molecule has 0 aromatic rings. The zero-order valence-corrected chi connectivity index (χ0v) is 10.8. The molecule has 2 aliphatic heterocycles. The number of ether oxygens (including phenoxy) is 2. The minimum atomic E-state index is -1.04. The number of nitrogens with one attached hydrogen (secondary N) is 1. The van der Waals surface area contributed by atoms with Crippen molar-refractivity contribution in [2.24, 2.45) is 5.92 Å². The van der Waals surface area contributed by atoms with Gasteiger partial charge in [0.1, 0.15) is 6.79 Å². The van der Waals surface area contributed by atoms with Crippen molar-refractivity contribution >= 4 is 17.9 Å². The van der Waals surface area contributed by atoms with Crippen LogP contribution in [0, 0.1) is 5.92 Å². The number of urea groups is 1. The molecule has 3 fully saturated rings. The van der Waals surface area contributed by atoms with Crippen molar-refractivity contribution < 1.29 is 29.0 Å². The third-order valence-corrected chi connectivity index (χ3v) is 4.12. The second-order valence-electron chi connectivity index (χ2n) is 5.30. The highest BCUT2D eigenvalue weighted by Gasteiger charge is 2.49. The monoisotopic (exact) mass is 284 g/mol. The van der Waals surface area contributed by atoms with Crippen LogP contribution in [0.25, 0.3) is 0 Å². The summed E-state index contributed by atoms with van der Waals surface area (Å²) >= 11 is 0. The summed E-state index contributed by atoms with van der Waals surface area (Å²) in [4.78, 5) is 35.8. The highest BCUT2D eigenvalue weighted by atomic mass is 16.7. The van der Waals surface area contributed by atoms with Gasteiger partial charge < -0.3 is 19.9 Å². The fourth-order valence-electron chi connectivity index (χ4n) is 3.09. The second-order valence-corrected chi connectivity index (χ2v) is 5.30. The highest BCUT2D eigenvalue weighted by Crippen LogP contribution is 2.35. The predicted octanol–water partition coefficient (Wildman–Crippen LogP) is -0.467. The molecule has 0 aromatic heterocycles. The number of fused-ring (bicyclic) bond motifs is 2. The molecule has 20 heavy (non-hydrogen) atoms. The maximum absolute atomic E-state index is 12.3.